The summed E-state index contributed by atoms with van der Waals surface area (Å²) in [7, 11) is 0. The number of rotatable bonds is 16. The fourth-order valence-corrected chi connectivity index (χ4v) is 2.10. The predicted molar refractivity (Wildman–Crippen MR) is 94.2 cm³/mol. The molecule has 0 amide bonds. The van der Waals surface area contributed by atoms with Gasteiger partial charge in [-0.1, -0.05) is 0 Å². The molecule has 0 aromatic carbocycles. The van der Waals surface area contributed by atoms with Crippen molar-refractivity contribution in [3.8, 4) is 0 Å². The summed E-state index contributed by atoms with van der Waals surface area (Å²) < 4.78 is 41.0. The first-order chi connectivity index (χ1) is 13.7. The van der Waals surface area contributed by atoms with Crippen LogP contribution in [0, 0.1) is 0 Å². The number of aliphatic hydroxyl groups is 2. The van der Waals surface area contributed by atoms with E-state index in [1.165, 1.54) is 0 Å². The van der Waals surface area contributed by atoms with E-state index < -0.39 is 6.10 Å². The second-order valence-corrected chi connectivity index (χ2v) is 7.23. The Morgan fingerprint density at radius 2 is 1.07 bits per heavy atom. The monoisotopic (exact) mass is 408 g/mol. The Labute approximate surface area is 164 Å². The van der Waals surface area contributed by atoms with Crippen LogP contribution in [0.15, 0.2) is 0 Å². The molecule has 0 saturated carbocycles. The third-order valence-corrected chi connectivity index (χ3v) is 4.17. The van der Waals surface area contributed by atoms with E-state index in [1.54, 1.807) is 0 Å². The van der Waals surface area contributed by atoms with Crippen molar-refractivity contribution >= 4 is 0 Å². The van der Waals surface area contributed by atoms with Crippen molar-refractivity contribution in [2.75, 3.05) is 79.3 Å². The van der Waals surface area contributed by atoms with Gasteiger partial charge in [-0.15, -0.1) is 0 Å². The van der Waals surface area contributed by atoms with Gasteiger partial charge in [0.05, 0.1) is 79.3 Å². The van der Waals surface area contributed by atoms with Crippen molar-refractivity contribution in [2.45, 2.75) is 36.6 Å². The Morgan fingerprint density at radius 1 is 0.679 bits per heavy atom. The Hall–Kier alpha value is -0.400. The van der Waals surface area contributed by atoms with Crippen molar-refractivity contribution in [2.24, 2.45) is 0 Å². The second-order valence-electron chi connectivity index (χ2n) is 7.23. The largest absolute Gasteiger partial charge is 0.394 e. The van der Waals surface area contributed by atoms with Crippen molar-refractivity contribution in [1.82, 2.24) is 0 Å². The van der Waals surface area contributed by atoms with E-state index in [2.05, 4.69) is 0 Å². The van der Waals surface area contributed by atoms with Gasteiger partial charge in [0, 0.05) is 0 Å². The van der Waals surface area contributed by atoms with Crippen LogP contribution < -0.4 is 0 Å². The van der Waals surface area contributed by atoms with E-state index in [9.17, 15) is 5.11 Å². The van der Waals surface area contributed by atoms with Crippen molar-refractivity contribution in [3.05, 3.63) is 0 Å². The summed E-state index contributed by atoms with van der Waals surface area (Å²) in [4.78, 5) is 0. The van der Waals surface area contributed by atoms with Crippen LogP contribution in [0.4, 0.5) is 0 Å². The van der Waals surface area contributed by atoms with Gasteiger partial charge in [-0.2, -0.15) is 0 Å². The molecule has 4 aliphatic heterocycles. The fraction of sp³-hybridized carbons (Fsp3) is 1.00. The molecule has 0 aliphatic carbocycles. The predicted octanol–water partition coefficient (Wildman–Crippen LogP) is -1.64. The van der Waals surface area contributed by atoms with Crippen LogP contribution in [0.5, 0.6) is 0 Å². The molecule has 164 valence electrons. The number of aliphatic hydroxyl groups excluding tert-OH is 2. The van der Waals surface area contributed by atoms with Crippen molar-refractivity contribution in [3.63, 3.8) is 0 Å². The highest BCUT2D eigenvalue weighted by atomic mass is 16.6. The highest BCUT2D eigenvalue weighted by Gasteiger charge is 2.26. The van der Waals surface area contributed by atoms with Gasteiger partial charge in [0.1, 0.15) is 36.6 Å². The van der Waals surface area contributed by atoms with Gasteiger partial charge in [-0.05, 0) is 0 Å². The summed E-state index contributed by atoms with van der Waals surface area (Å²) in [5.41, 5.74) is 0. The van der Waals surface area contributed by atoms with Crippen molar-refractivity contribution in [1.29, 1.82) is 0 Å². The smallest absolute Gasteiger partial charge is 0.104 e. The zero-order valence-corrected chi connectivity index (χ0v) is 16.1. The van der Waals surface area contributed by atoms with Gasteiger partial charge in [0.2, 0.25) is 0 Å². The average Bonchev–Trinajstić information content (AvgIpc) is 3.54. The lowest BCUT2D eigenvalue weighted by atomic mass is 10.4. The number of hydrogen-bond donors (Lipinski definition) is 2. The summed E-state index contributed by atoms with van der Waals surface area (Å²) in [6, 6.07) is 0. The maximum atomic E-state index is 9.38. The molecule has 0 spiro atoms. The molecule has 0 aromatic rings. The fourth-order valence-electron chi connectivity index (χ4n) is 2.10. The molecule has 0 bridgehead atoms. The quantitative estimate of drug-likeness (QED) is 0.287. The summed E-state index contributed by atoms with van der Waals surface area (Å²) in [5, 5.41) is 18.3. The van der Waals surface area contributed by atoms with Crippen LogP contribution >= 0.6 is 0 Å². The minimum atomic E-state index is -0.549. The average molecular weight is 408 g/mol. The lowest BCUT2D eigenvalue weighted by Gasteiger charge is -2.14. The van der Waals surface area contributed by atoms with Crippen molar-refractivity contribution < 1.29 is 48.1 Å². The van der Waals surface area contributed by atoms with Gasteiger partial charge in [-0.25, -0.2) is 0 Å². The van der Waals surface area contributed by atoms with Crippen LogP contribution in [-0.2, 0) is 37.9 Å². The summed E-state index contributed by atoms with van der Waals surface area (Å²) in [6.07, 6.45) is 0.216. The second kappa shape index (κ2) is 12.3. The zero-order chi connectivity index (χ0) is 19.6. The Morgan fingerprint density at radius 3 is 1.46 bits per heavy atom. The molecule has 2 N–H and O–H groups in total. The van der Waals surface area contributed by atoms with Crippen LogP contribution in [0.25, 0.3) is 0 Å². The number of epoxide rings is 4. The Kier molecular flexibility index (Phi) is 9.82. The van der Waals surface area contributed by atoms with E-state index in [-0.39, 0.29) is 37.1 Å². The standard InChI is InChI=1S/2C9H16O5/c10-7(1-11-3-8-5-13-8)2-12-4-9-6-14-9;10-1-7(12-5-9-6-14-9)2-11-3-8-4-13-8/h2*7-10H,1-6H2/t;7-,8-,9+/m.0/s1. The molecular formula is C18H32O10. The lowest BCUT2D eigenvalue weighted by molar-refractivity contribution is -0.0481. The molecule has 0 radical (unpaired) electrons. The Balaban J connectivity index is 0.000000161. The van der Waals surface area contributed by atoms with Gasteiger partial charge >= 0.3 is 0 Å². The molecule has 28 heavy (non-hydrogen) atoms. The summed E-state index contributed by atoms with van der Waals surface area (Å²) in [5.74, 6) is 0. The van der Waals surface area contributed by atoms with Crippen LogP contribution in [0.2, 0.25) is 0 Å². The molecule has 4 heterocycles. The summed E-state index contributed by atoms with van der Waals surface area (Å²) in [6.45, 7) is 6.45. The molecule has 10 nitrogen and oxygen atoms in total. The molecule has 4 aliphatic rings. The first-order valence-corrected chi connectivity index (χ1v) is 9.83. The molecule has 2 unspecified atom stereocenters. The lowest BCUT2D eigenvalue weighted by Crippen LogP contribution is -2.26. The number of ether oxygens (including phenoxy) is 8. The molecule has 0 aromatic heterocycles. The maximum Gasteiger partial charge on any atom is 0.104 e. The normalized spacial score (nSPS) is 31.5. The minimum absolute atomic E-state index is 0.0156. The summed E-state index contributed by atoms with van der Waals surface area (Å²) >= 11 is 0. The first-order valence-electron chi connectivity index (χ1n) is 9.83. The molecule has 4 rings (SSSR count). The van der Waals surface area contributed by atoms with Crippen LogP contribution in [0.1, 0.15) is 0 Å². The van der Waals surface area contributed by atoms with Crippen LogP contribution in [0.3, 0.4) is 0 Å². The first kappa shape index (κ1) is 22.3. The third kappa shape index (κ3) is 11.6. The topological polar surface area (TPSA) is 128 Å². The van der Waals surface area contributed by atoms with E-state index in [1.807, 2.05) is 0 Å². The zero-order valence-electron chi connectivity index (χ0n) is 16.1. The van der Waals surface area contributed by atoms with Gasteiger partial charge in [0.15, 0.2) is 0 Å². The molecule has 4 fully saturated rings. The van der Waals surface area contributed by atoms with Gasteiger partial charge < -0.3 is 48.1 Å². The van der Waals surface area contributed by atoms with Gasteiger partial charge in [-0.3, -0.25) is 0 Å². The molecule has 5 atom stereocenters. The maximum absolute atomic E-state index is 9.38. The highest BCUT2D eigenvalue weighted by molar-refractivity contribution is 4.71. The third-order valence-electron chi connectivity index (χ3n) is 4.17. The Bertz CT molecular complexity index is 391. The molecule has 10 heteroatoms. The van der Waals surface area contributed by atoms with E-state index in [0.717, 1.165) is 26.4 Å². The van der Waals surface area contributed by atoms with E-state index >= 15 is 0 Å². The van der Waals surface area contributed by atoms with Crippen LogP contribution in [-0.4, -0.2) is 126 Å². The highest BCUT2D eigenvalue weighted by Crippen LogP contribution is 2.12. The van der Waals surface area contributed by atoms with Gasteiger partial charge in [0.25, 0.3) is 0 Å². The van der Waals surface area contributed by atoms with E-state index in [0.29, 0.717) is 46.2 Å². The SMILES string of the molecule is OC(COCC1CO1)COCC1CO1.OC[C@@H](COC[C@H]1CO1)OC[C@@H]1CO1. The number of hydrogen-bond acceptors (Lipinski definition) is 10. The van der Waals surface area contributed by atoms with E-state index in [4.69, 9.17) is 43.0 Å². The minimum Gasteiger partial charge on any atom is -0.394 e. The molecular weight excluding hydrogens is 376 g/mol. The molecule has 4 saturated heterocycles.